The quantitative estimate of drug-likeness (QED) is 0.613. The summed E-state index contributed by atoms with van der Waals surface area (Å²) in [6.07, 6.45) is 7.17. The molecule has 0 bridgehead atoms. The summed E-state index contributed by atoms with van der Waals surface area (Å²) < 4.78 is 0. The van der Waals surface area contributed by atoms with Crippen LogP contribution < -0.4 is 0 Å². The second kappa shape index (κ2) is 3.70. The smallest absolute Gasteiger partial charge is 0.165 e. The van der Waals surface area contributed by atoms with Crippen LogP contribution in [0.4, 0.5) is 0 Å². The molecule has 0 aromatic carbocycles. The Bertz CT molecular complexity index is 233. The van der Waals surface area contributed by atoms with Gasteiger partial charge in [0.1, 0.15) is 0 Å². The van der Waals surface area contributed by atoms with Gasteiger partial charge in [-0.3, -0.25) is 4.79 Å². The van der Waals surface area contributed by atoms with Crippen molar-refractivity contribution in [2.45, 2.75) is 27.2 Å². The Labute approximate surface area is 74.2 Å². The molecular formula is C11H16O. The largest absolute Gasteiger partial charge is 0.294 e. The summed E-state index contributed by atoms with van der Waals surface area (Å²) in [5, 5.41) is 0. The number of hydrogen-bond donors (Lipinski definition) is 0. The van der Waals surface area contributed by atoms with Gasteiger partial charge in [0, 0.05) is 11.5 Å². The van der Waals surface area contributed by atoms with Crippen molar-refractivity contribution in [2.75, 3.05) is 0 Å². The fourth-order valence-corrected chi connectivity index (χ4v) is 1.34. The molecule has 0 heterocycles. The zero-order valence-electron chi connectivity index (χ0n) is 8.00. The van der Waals surface area contributed by atoms with E-state index in [1.165, 1.54) is 0 Å². The maximum atomic E-state index is 11.5. The van der Waals surface area contributed by atoms with E-state index in [1.54, 1.807) is 0 Å². The number of carbonyl (C=O) groups is 1. The number of allylic oxidation sites excluding steroid dienone is 4. The van der Waals surface area contributed by atoms with Gasteiger partial charge in [0.15, 0.2) is 5.78 Å². The molecule has 0 aromatic rings. The average molecular weight is 164 g/mol. The lowest BCUT2D eigenvalue weighted by Crippen LogP contribution is -2.11. The zero-order valence-corrected chi connectivity index (χ0v) is 8.00. The Hall–Kier alpha value is -0.850. The Balaban J connectivity index is 2.75. The van der Waals surface area contributed by atoms with Crippen LogP contribution in [0.25, 0.3) is 0 Å². The molecule has 1 unspecified atom stereocenters. The van der Waals surface area contributed by atoms with E-state index >= 15 is 0 Å². The molecule has 1 atom stereocenters. The molecule has 0 saturated heterocycles. The van der Waals surface area contributed by atoms with Gasteiger partial charge in [-0.2, -0.15) is 0 Å². The number of ketones is 1. The van der Waals surface area contributed by atoms with Crippen molar-refractivity contribution >= 4 is 5.78 Å². The normalized spacial score (nSPS) is 22.7. The van der Waals surface area contributed by atoms with E-state index in [0.29, 0.717) is 5.92 Å². The molecule has 0 radical (unpaired) electrons. The molecule has 1 aliphatic rings. The van der Waals surface area contributed by atoms with Crippen molar-refractivity contribution in [1.29, 1.82) is 0 Å². The molecule has 0 saturated carbocycles. The highest BCUT2D eigenvalue weighted by Crippen LogP contribution is 2.18. The van der Waals surface area contributed by atoms with E-state index in [-0.39, 0.29) is 11.7 Å². The van der Waals surface area contributed by atoms with Crippen LogP contribution in [0.15, 0.2) is 23.8 Å². The molecule has 0 spiro atoms. The van der Waals surface area contributed by atoms with E-state index in [9.17, 15) is 4.79 Å². The maximum Gasteiger partial charge on any atom is 0.165 e. The predicted octanol–water partition coefficient (Wildman–Crippen LogP) is 2.73. The lowest BCUT2D eigenvalue weighted by atomic mass is 9.92. The first-order valence-corrected chi connectivity index (χ1v) is 4.54. The maximum absolute atomic E-state index is 11.5. The van der Waals surface area contributed by atoms with Crippen LogP contribution in [0.3, 0.4) is 0 Å². The predicted molar refractivity (Wildman–Crippen MR) is 50.8 cm³/mol. The SMILES string of the molecule is CC1C=C(C(=O)C(C)C)C=CC1. The number of rotatable bonds is 2. The van der Waals surface area contributed by atoms with Gasteiger partial charge in [-0.25, -0.2) is 0 Å². The molecule has 0 aliphatic heterocycles. The zero-order chi connectivity index (χ0) is 9.14. The monoisotopic (exact) mass is 164 g/mol. The van der Waals surface area contributed by atoms with Gasteiger partial charge in [0.25, 0.3) is 0 Å². The minimum Gasteiger partial charge on any atom is -0.294 e. The van der Waals surface area contributed by atoms with Gasteiger partial charge in [0.05, 0.1) is 0 Å². The van der Waals surface area contributed by atoms with Gasteiger partial charge >= 0.3 is 0 Å². The highest BCUT2D eigenvalue weighted by Gasteiger charge is 2.14. The Morgan fingerprint density at radius 2 is 2.25 bits per heavy atom. The van der Waals surface area contributed by atoms with Crippen molar-refractivity contribution < 1.29 is 4.79 Å². The van der Waals surface area contributed by atoms with Crippen LogP contribution in [0.2, 0.25) is 0 Å². The molecule has 66 valence electrons. The molecule has 1 rings (SSSR count). The lowest BCUT2D eigenvalue weighted by Gasteiger charge is -2.12. The molecule has 0 aromatic heterocycles. The summed E-state index contributed by atoms with van der Waals surface area (Å²) in [6.45, 7) is 6.02. The summed E-state index contributed by atoms with van der Waals surface area (Å²) in [4.78, 5) is 11.5. The topological polar surface area (TPSA) is 17.1 Å². The van der Waals surface area contributed by atoms with E-state index in [0.717, 1.165) is 12.0 Å². The summed E-state index contributed by atoms with van der Waals surface area (Å²) in [6, 6.07) is 0. The molecule has 1 aliphatic carbocycles. The van der Waals surface area contributed by atoms with Crippen LogP contribution in [0.5, 0.6) is 0 Å². The number of carbonyl (C=O) groups excluding carboxylic acids is 1. The van der Waals surface area contributed by atoms with Crippen molar-refractivity contribution in [1.82, 2.24) is 0 Å². The van der Waals surface area contributed by atoms with Crippen LogP contribution in [-0.2, 0) is 4.79 Å². The van der Waals surface area contributed by atoms with E-state index in [4.69, 9.17) is 0 Å². The molecule has 1 heteroatoms. The first-order valence-electron chi connectivity index (χ1n) is 4.54. The molecule has 0 N–H and O–H groups in total. The van der Waals surface area contributed by atoms with Gasteiger partial charge in [-0.15, -0.1) is 0 Å². The van der Waals surface area contributed by atoms with E-state index in [1.807, 2.05) is 19.9 Å². The second-order valence-electron chi connectivity index (χ2n) is 3.76. The first-order chi connectivity index (χ1) is 5.61. The third kappa shape index (κ3) is 2.07. The molecular weight excluding hydrogens is 148 g/mol. The summed E-state index contributed by atoms with van der Waals surface area (Å²) in [5.74, 6) is 0.900. The van der Waals surface area contributed by atoms with Crippen molar-refractivity contribution in [3.63, 3.8) is 0 Å². The van der Waals surface area contributed by atoms with Gasteiger partial charge in [0.2, 0.25) is 0 Å². The number of Topliss-reactive ketones (excluding diaryl/α,β-unsaturated/α-hetero) is 1. The summed E-state index contributed by atoms with van der Waals surface area (Å²) in [7, 11) is 0. The minimum absolute atomic E-state index is 0.117. The Morgan fingerprint density at radius 1 is 1.58 bits per heavy atom. The molecule has 0 fully saturated rings. The first kappa shape index (κ1) is 9.24. The molecule has 0 amide bonds. The summed E-state index contributed by atoms with van der Waals surface area (Å²) >= 11 is 0. The Morgan fingerprint density at radius 3 is 2.75 bits per heavy atom. The van der Waals surface area contributed by atoms with Gasteiger partial charge in [-0.05, 0) is 12.3 Å². The highest BCUT2D eigenvalue weighted by atomic mass is 16.1. The molecule has 12 heavy (non-hydrogen) atoms. The van der Waals surface area contributed by atoms with E-state index in [2.05, 4.69) is 19.1 Å². The fraction of sp³-hybridized carbons (Fsp3) is 0.545. The second-order valence-corrected chi connectivity index (χ2v) is 3.76. The Kier molecular flexibility index (Phi) is 2.85. The lowest BCUT2D eigenvalue weighted by molar-refractivity contribution is -0.118. The van der Waals surface area contributed by atoms with Crippen molar-refractivity contribution in [3.8, 4) is 0 Å². The third-order valence-electron chi connectivity index (χ3n) is 2.08. The van der Waals surface area contributed by atoms with Crippen LogP contribution in [0, 0.1) is 11.8 Å². The number of hydrogen-bond acceptors (Lipinski definition) is 1. The van der Waals surface area contributed by atoms with Crippen LogP contribution >= 0.6 is 0 Å². The van der Waals surface area contributed by atoms with Gasteiger partial charge in [-0.1, -0.05) is 39.0 Å². The third-order valence-corrected chi connectivity index (χ3v) is 2.08. The van der Waals surface area contributed by atoms with Gasteiger partial charge < -0.3 is 0 Å². The van der Waals surface area contributed by atoms with Crippen molar-refractivity contribution in [2.24, 2.45) is 11.8 Å². The standard InChI is InChI=1S/C11H16O/c1-8(2)11(12)10-6-4-5-9(3)7-10/h4,6-9H,5H2,1-3H3. The van der Waals surface area contributed by atoms with Crippen LogP contribution in [-0.4, -0.2) is 5.78 Å². The van der Waals surface area contributed by atoms with Crippen LogP contribution in [0.1, 0.15) is 27.2 Å². The van der Waals surface area contributed by atoms with E-state index < -0.39 is 0 Å². The van der Waals surface area contributed by atoms with Crippen molar-refractivity contribution in [3.05, 3.63) is 23.8 Å². The highest BCUT2D eigenvalue weighted by molar-refractivity contribution is 5.99. The molecule has 1 nitrogen and oxygen atoms in total. The summed E-state index contributed by atoms with van der Waals surface area (Å²) in [5.41, 5.74) is 0.892. The average Bonchev–Trinajstić information content (AvgIpc) is 2.03. The fourth-order valence-electron chi connectivity index (χ4n) is 1.34. The minimum atomic E-state index is 0.117.